The number of unbranched alkanes of at least 4 members (excludes halogenated alkanes) is 3. The van der Waals surface area contributed by atoms with Gasteiger partial charge < -0.3 is 9.90 Å². The first-order chi connectivity index (χ1) is 10.8. The molecule has 0 aliphatic carbocycles. The molecule has 0 fully saturated rings. The number of benzene rings is 1. The smallest absolute Gasteiger partial charge is 0.550 e. The van der Waals surface area contributed by atoms with Crippen molar-refractivity contribution >= 4 is 26.5 Å². The summed E-state index contributed by atoms with van der Waals surface area (Å²) in [6.45, 7) is 3.07. The van der Waals surface area contributed by atoms with E-state index >= 15 is 0 Å². The summed E-state index contributed by atoms with van der Waals surface area (Å²) in [5.41, 5.74) is -4.15. The maximum Gasteiger partial charge on any atom is 0.600 e. The molecule has 0 N–H and O–H groups in total. The highest BCUT2D eigenvalue weighted by atomic mass is 32.2. The average molecular weight is 346 g/mol. The topological polar surface area (TPSA) is 40.1 Å². The van der Waals surface area contributed by atoms with Crippen molar-refractivity contribution in [2.75, 3.05) is 0 Å². The lowest BCUT2D eigenvalue weighted by atomic mass is 10.1. The zero-order valence-electron chi connectivity index (χ0n) is 13.3. The standard InChI is InChI=1S/C15H18F3S.C2H4O2/c1-2-3-4-5-9-13-11-12-8-6-7-10-14(12)19(13)15(16,17)18;1-2(3)4/h6-8,10-11H,2-5,9H2,1H3;1H3,(H,3,4)/q+1;/p-1. The maximum absolute atomic E-state index is 13.2. The van der Waals surface area contributed by atoms with Crippen LogP contribution in [0.2, 0.25) is 0 Å². The van der Waals surface area contributed by atoms with Crippen LogP contribution in [0.5, 0.6) is 0 Å². The molecule has 1 heterocycles. The fraction of sp³-hybridized carbons (Fsp3) is 0.471. The average Bonchev–Trinajstić information content (AvgIpc) is 2.81. The summed E-state index contributed by atoms with van der Waals surface area (Å²) in [7, 11) is -1.70. The number of carbonyl (C=O) groups is 1. The Morgan fingerprint density at radius 2 is 1.78 bits per heavy atom. The highest BCUT2D eigenvalue weighted by molar-refractivity contribution is 7.38. The van der Waals surface area contributed by atoms with Gasteiger partial charge in [0.05, 0.1) is 10.5 Å². The molecule has 0 bridgehead atoms. The second-order valence-corrected chi connectivity index (χ2v) is 7.24. The van der Waals surface area contributed by atoms with E-state index in [0.717, 1.165) is 38.0 Å². The largest absolute Gasteiger partial charge is 0.600 e. The first-order valence-electron chi connectivity index (χ1n) is 7.55. The van der Waals surface area contributed by atoms with Crippen LogP contribution >= 0.6 is 10.5 Å². The molecular formula is C17H21F3O2S. The first kappa shape index (κ1) is 19.5. The third kappa shape index (κ3) is 6.22. The first-order valence-corrected chi connectivity index (χ1v) is 8.78. The van der Waals surface area contributed by atoms with E-state index in [1.165, 1.54) is 0 Å². The van der Waals surface area contributed by atoms with Gasteiger partial charge in [0.2, 0.25) is 0 Å². The summed E-state index contributed by atoms with van der Waals surface area (Å²) in [6.07, 6.45) is 4.63. The molecule has 0 spiro atoms. The molecule has 0 aliphatic heterocycles. The fourth-order valence-corrected chi connectivity index (χ4v) is 4.33. The lowest BCUT2D eigenvalue weighted by Crippen LogP contribution is -2.16. The minimum absolute atomic E-state index is 0.445. The lowest BCUT2D eigenvalue weighted by molar-refractivity contribution is -0.302. The van der Waals surface area contributed by atoms with Crippen molar-refractivity contribution in [3.8, 4) is 0 Å². The number of fused-ring (bicyclic) bond motifs is 1. The molecule has 23 heavy (non-hydrogen) atoms. The Labute approximate surface area is 136 Å². The van der Waals surface area contributed by atoms with Crippen molar-refractivity contribution in [2.45, 2.75) is 51.5 Å². The second kappa shape index (κ2) is 8.91. The molecule has 0 aliphatic rings. The Hall–Kier alpha value is -1.56. The van der Waals surface area contributed by atoms with E-state index in [1.807, 2.05) is 0 Å². The number of alkyl halides is 3. The molecule has 0 radical (unpaired) electrons. The van der Waals surface area contributed by atoms with Crippen LogP contribution in [0, 0.1) is 0 Å². The normalized spacial score (nSPS) is 12.0. The van der Waals surface area contributed by atoms with Crippen molar-refractivity contribution in [2.24, 2.45) is 0 Å². The molecule has 1 aromatic carbocycles. The predicted octanol–water partition coefficient (Wildman–Crippen LogP) is 4.94. The van der Waals surface area contributed by atoms with E-state index in [-0.39, 0.29) is 0 Å². The van der Waals surface area contributed by atoms with Crippen LogP contribution < -0.4 is 5.11 Å². The number of hydrogen-bond donors (Lipinski definition) is 0. The van der Waals surface area contributed by atoms with Gasteiger partial charge in [-0.3, -0.25) is 0 Å². The van der Waals surface area contributed by atoms with Crippen LogP contribution in [-0.4, -0.2) is 5.97 Å². The molecule has 2 aromatic rings. The van der Waals surface area contributed by atoms with Gasteiger partial charge in [0.15, 0.2) is 9.58 Å². The number of carbonyl (C=O) groups excluding carboxylic acids is 1. The predicted molar refractivity (Wildman–Crippen MR) is 86.3 cm³/mol. The molecule has 0 amide bonds. The Morgan fingerprint density at radius 3 is 2.35 bits per heavy atom. The van der Waals surface area contributed by atoms with Gasteiger partial charge in [-0.1, -0.05) is 38.3 Å². The number of carboxylic acids is 1. The van der Waals surface area contributed by atoms with Crippen molar-refractivity contribution in [1.82, 2.24) is 0 Å². The second-order valence-electron chi connectivity index (χ2n) is 5.20. The number of carboxylic acid groups (broad SMARTS) is 1. The summed E-state index contributed by atoms with van der Waals surface area (Å²) in [5.74, 6) is -1.08. The summed E-state index contributed by atoms with van der Waals surface area (Å²) in [4.78, 5) is 9.45. The summed E-state index contributed by atoms with van der Waals surface area (Å²) < 4.78 is 40.2. The van der Waals surface area contributed by atoms with Gasteiger partial charge in [0.25, 0.3) is 0 Å². The SMILES string of the molecule is CC(=O)[O-].CCCCCCc1cc2ccccc2[s+]1C(F)(F)F. The van der Waals surface area contributed by atoms with Gasteiger partial charge in [0, 0.05) is 23.8 Å². The Bertz CT molecular complexity index is 628. The molecule has 2 rings (SSSR count). The highest BCUT2D eigenvalue weighted by Gasteiger charge is 2.47. The number of thiophene rings is 1. The van der Waals surface area contributed by atoms with Crippen molar-refractivity contribution in [1.29, 1.82) is 0 Å². The van der Waals surface area contributed by atoms with Crippen LogP contribution in [0.4, 0.5) is 13.2 Å². The number of rotatable bonds is 5. The molecule has 0 saturated carbocycles. The van der Waals surface area contributed by atoms with Gasteiger partial charge in [-0.05, 0) is 25.5 Å². The molecule has 6 heteroatoms. The maximum atomic E-state index is 13.2. The van der Waals surface area contributed by atoms with E-state index in [4.69, 9.17) is 9.90 Å². The number of hydrogen-bond acceptors (Lipinski definition) is 2. The highest BCUT2D eigenvalue weighted by Crippen LogP contribution is 2.51. The molecule has 0 saturated heterocycles. The van der Waals surface area contributed by atoms with Gasteiger partial charge >= 0.3 is 5.51 Å². The van der Waals surface area contributed by atoms with Gasteiger partial charge in [-0.2, -0.15) is 0 Å². The number of halogens is 3. The van der Waals surface area contributed by atoms with Crippen molar-refractivity contribution in [3.63, 3.8) is 0 Å². The monoisotopic (exact) mass is 346 g/mol. The molecule has 1 atom stereocenters. The Balaban J connectivity index is 0.000000593. The van der Waals surface area contributed by atoms with E-state index < -0.39 is 21.9 Å². The van der Waals surface area contributed by atoms with E-state index in [2.05, 4.69) is 6.92 Å². The lowest BCUT2D eigenvalue weighted by Gasteiger charge is -2.00. The van der Waals surface area contributed by atoms with Crippen LogP contribution in [0.15, 0.2) is 30.3 Å². The van der Waals surface area contributed by atoms with Gasteiger partial charge in [0.1, 0.15) is 0 Å². The summed E-state index contributed by atoms with van der Waals surface area (Å²) in [5, 5.41) is 9.63. The van der Waals surface area contributed by atoms with Crippen LogP contribution in [-0.2, 0) is 16.7 Å². The Morgan fingerprint density at radius 1 is 1.17 bits per heavy atom. The van der Waals surface area contributed by atoms with Crippen LogP contribution in [0.3, 0.4) is 0 Å². The molecule has 1 aromatic heterocycles. The molecule has 1 unspecified atom stereocenters. The molecule has 2 nitrogen and oxygen atoms in total. The third-order valence-corrected chi connectivity index (χ3v) is 5.35. The van der Waals surface area contributed by atoms with Gasteiger partial charge in [-0.25, -0.2) is 0 Å². The minimum atomic E-state index is -4.15. The summed E-state index contributed by atoms with van der Waals surface area (Å²) >= 11 is 0. The number of aryl methyl sites for hydroxylation is 1. The van der Waals surface area contributed by atoms with E-state index in [1.54, 1.807) is 30.3 Å². The third-order valence-electron chi connectivity index (χ3n) is 3.23. The molecular weight excluding hydrogens is 325 g/mol. The van der Waals surface area contributed by atoms with Gasteiger partial charge in [-0.15, -0.1) is 13.2 Å². The van der Waals surface area contributed by atoms with E-state index in [9.17, 15) is 13.2 Å². The Kier molecular flexibility index (Phi) is 7.55. The quantitative estimate of drug-likeness (QED) is 0.568. The molecule has 128 valence electrons. The summed E-state index contributed by atoms with van der Waals surface area (Å²) in [6, 6.07) is 8.63. The zero-order valence-corrected chi connectivity index (χ0v) is 14.1. The van der Waals surface area contributed by atoms with Crippen LogP contribution in [0.25, 0.3) is 10.1 Å². The minimum Gasteiger partial charge on any atom is -0.550 e. The fourth-order valence-electron chi connectivity index (χ4n) is 2.33. The van der Waals surface area contributed by atoms with E-state index in [0.29, 0.717) is 16.0 Å². The van der Waals surface area contributed by atoms with Crippen molar-refractivity contribution < 1.29 is 23.1 Å². The van der Waals surface area contributed by atoms with Crippen molar-refractivity contribution in [3.05, 3.63) is 35.2 Å². The van der Waals surface area contributed by atoms with Crippen LogP contribution in [0.1, 0.15) is 44.4 Å². The number of aliphatic carboxylic acids is 1. The zero-order chi connectivity index (χ0) is 17.5.